The fraction of sp³-hybridized carbons (Fsp3) is 0.400. The summed E-state index contributed by atoms with van der Waals surface area (Å²) < 4.78 is 36.7. The van der Waals surface area contributed by atoms with Crippen LogP contribution in [0.3, 0.4) is 0 Å². The van der Waals surface area contributed by atoms with Gasteiger partial charge in [0, 0.05) is 16.3 Å². The molecule has 0 aliphatic carbocycles. The molecule has 1 amide bonds. The summed E-state index contributed by atoms with van der Waals surface area (Å²) in [4.78, 5) is 16.2. The lowest BCUT2D eigenvalue weighted by Gasteiger charge is -2.34. The van der Waals surface area contributed by atoms with E-state index in [0.717, 1.165) is 16.9 Å². The number of hydrogen-bond donors (Lipinski definition) is 1. The van der Waals surface area contributed by atoms with Crippen LogP contribution in [-0.2, 0) is 11.2 Å². The lowest BCUT2D eigenvalue weighted by Crippen LogP contribution is -2.44. The zero-order chi connectivity index (χ0) is 16.4. The minimum absolute atomic E-state index is 0.0338. The monoisotopic (exact) mass is 360 g/mol. The van der Waals surface area contributed by atoms with Crippen LogP contribution < -0.4 is 5.32 Å². The van der Waals surface area contributed by atoms with Gasteiger partial charge in [0.15, 0.2) is 0 Å². The normalized spacial score (nSPS) is 18.7. The third-order valence-electron chi connectivity index (χ3n) is 3.71. The van der Waals surface area contributed by atoms with Gasteiger partial charge in [0.1, 0.15) is 6.54 Å². The van der Waals surface area contributed by atoms with Crippen LogP contribution >= 0.6 is 22.7 Å². The highest BCUT2D eigenvalue weighted by Gasteiger charge is 2.32. The number of nitrogens with zero attached hydrogens (tertiary/aromatic N) is 1. The molecule has 3 heterocycles. The second kappa shape index (κ2) is 6.62. The highest BCUT2D eigenvalue weighted by molar-refractivity contribution is 7.10. The van der Waals surface area contributed by atoms with Crippen molar-refractivity contribution in [2.24, 2.45) is 0 Å². The van der Waals surface area contributed by atoms with Gasteiger partial charge in [-0.2, -0.15) is 13.2 Å². The van der Waals surface area contributed by atoms with Gasteiger partial charge in [-0.25, -0.2) is 0 Å². The van der Waals surface area contributed by atoms with Gasteiger partial charge >= 0.3 is 6.18 Å². The van der Waals surface area contributed by atoms with Crippen LogP contribution in [0, 0.1) is 0 Å². The first-order valence-corrected chi connectivity index (χ1v) is 8.87. The first-order valence-electron chi connectivity index (χ1n) is 7.11. The molecule has 2 aromatic rings. The summed E-state index contributed by atoms with van der Waals surface area (Å²) in [6.07, 6.45) is -3.56. The van der Waals surface area contributed by atoms with Gasteiger partial charge in [-0.1, -0.05) is 6.07 Å². The maximum absolute atomic E-state index is 12.2. The molecule has 0 saturated carbocycles. The fourth-order valence-electron chi connectivity index (χ4n) is 2.76. The minimum Gasteiger partial charge on any atom is -0.346 e. The molecule has 0 aromatic carbocycles. The van der Waals surface area contributed by atoms with Crippen molar-refractivity contribution < 1.29 is 18.0 Å². The molecule has 1 aliphatic heterocycles. The van der Waals surface area contributed by atoms with E-state index in [-0.39, 0.29) is 12.6 Å². The van der Waals surface area contributed by atoms with Gasteiger partial charge in [0.25, 0.3) is 0 Å². The van der Waals surface area contributed by atoms with Gasteiger partial charge < -0.3 is 5.32 Å². The van der Waals surface area contributed by atoms with Gasteiger partial charge in [0.05, 0.1) is 12.6 Å². The molecule has 1 N–H and O–H groups in total. The predicted molar refractivity (Wildman–Crippen MR) is 84.8 cm³/mol. The van der Waals surface area contributed by atoms with Crippen molar-refractivity contribution >= 4 is 28.6 Å². The number of hydrogen-bond acceptors (Lipinski definition) is 4. The number of alkyl halides is 3. The molecule has 23 heavy (non-hydrogen) atoms. The average Bonchev–Trinajstić information content (AvgIpc) is 3.15. The third-order valence-corrected chi connectivity index (χ3v) is 5.63. The summed E-state index contributed by atoms with van der Waals surface area (Å²) in [5, 5.41) is 5.95. The molecule has 3 nitrogen and oxygen atoms in total. The zero-order valence-electron chi connectivity index (χ0n) is 12.1. The van der Waals surface area contributed by atoms with Gasteiger partial charge in [-0.15, -0.1) is 22.7 Å². The van der Waals surface area contributed by atoms with E-state index in [1.807, 2.05) is 39.2 Å². The van der Waals surface area contributed by atoms with Crippen LogP contribution in [0.1, 0.15) is 21.4 Å². The number of nitrogens with one attached hydrogen (secondary N) is 1. The average molecular weight is 360 g/mol. The number of fused-ring (bicyclic) bond motifs is 1. The number of rotatable bonds is 4. The quantitative estimate of drug-likeness (QED) is 0.906. The maximum atomic E-state index is 12.2. The molecular weight excluding hydrogens is 345 g/mol. The molecular formula is C15H15F3N2OS2. The minimum atomic E-state index is -4.38. The van der Waals surface area contributed by atoms with E-state index in [4.69, 9.17) is 0 Å². The molecule has 8 heteroatoms. The van der Waals surface area contributed by atoms with Crippen molar-refractivity contribution in [2.75, 3.05) is 19.6 Å². The summed E-state index contributed by atoms with van der Waals surface area (Å²) in [6.45, 7) is -0.656. The third kappa shape index (κ3) is 3.94. The van der Waals surface area contributed by atoms with E-state index in [9.17, 15) is 18.0 Å². The molecule has 0 bridgehead atoms. The highest BCUT2D eigenvalue weighted by Crippen LogP contribution is 2.39. The number of thiophene rings is 2. The first-order chi connectivity index (χ1) is 10.9. The van der Waals surface area contributed by atoms with Crippen molar-refractivity contribution in [3.05, 3.63) is 44.3 Å². The first kappa shape index (κ1) is 16.5. The molecule has 0 spiro atoms. The van der Waals surface area contributed by atoms with E-state index in [1.54, 1.807) is 22.7 Å². The lowest BCUT2D eigenvalue weighted by molar-refractivity contribution is -0.139. The SMILES string of the molecule is O=C(CN1CCc2sccc2[C@@H]1c1cccs1)NCC(F)(F)F. The van der Waals surface area contributed by atoms with Crippen LogP contribution in [0.25, 0.3) is 0 Å². The Balaban J connectivity index is 1.75. The van der Waals surface area contributed by atoms with Gasteiger partial charge in [-0.3, -0.25) is 9.69 Å². The van der Waals surface area contributed by atoms with Crippen molar-refractivity contribution in [3.8, 4) is 0 Å². The van der Waals surface area contributed by atoms with Crippen molar-refractivity contribution in [3.63, 3.8) is 0 Å². The molecule has 1 aliphatic rings. The zero-order valence-corrected chi connectivity index (χ0v) is 13.7. The Hall–Kier alpha value is -1.38. The summed E-state index contributed by atoms with van der Waals surface area (Å²) in [5.74, 6) is -0.595. The van der Waals surface area contributed by atoms with Crippen LogP contribution in [0.15, 0.2) is 29.0 Å². The fourth-order valence-corrected chi connectivity index (χ4v) is 4.54. The Morgan fingerprint density at radius 3 is 2.83 bits per heavy atom. The standard InChI is InChI=1S/C15H15F3N2OS2/c16-15(17,18)9-19-13(21)8-20-5-3-11-10(4-7-23-11)14(20)12-2-1-6-22-12/h1-2,4,6-7,14H,3,5,8-9H2,(H,19,21)/t14-/m1/s1. The van der Waals surface area contributed by atoms with E-state index < -0.39 is 18.6 Å². The number of amides is 1. The summed E-state index contributed by atoms with van der Waals surface area (Å²) in [5.41, 5.74) is 1.16. The van der Waals surface area contributed by atoms with Crippen LogP contribution in [-0.4, -0.2) is 36.6 Å². The number of halogens is 3. The van der Waals surface area contributed by atoms with Crippen molar-refractivity contribution in [2.45, 2.75) is 18.6 Å². The Morgan fingerprint density at radius 1 is 1.30 bits per heavy atom. The number of carbonyl (C=O) groups is 1. The summed E-state index contributed by atoms with van der Waals surface area (Å²) in [7, 11) is 0. The molecule has 1 atom stereocenters. The highest BCUT2D eigenvalue weighted by atomic mass is 32.1. The van der Waals surface area contributed by atoms with Crippen LogP contribution in [0.5, 0.6) is 0 Å². The molecule has 0 radical (unpaired) electrons. The molecule has 2 aromatic heterocycles. The second-order valence-electron chi connectivity index (χ2n) is 5.33. The molecule has 0 saturated heterocycles. The molecule has 0 fully saturated rings. The van der Waals surface area contributed by atoms with E-state index in [2.05, 4.69) is 0 Å². The molecule has 3 rings (SSSR count). The summed E-state index contributed by atoms with van der Waals surface area (Å²) in [6, 6.07) is 5.94. The second-order valence-corrected chi connectivity index (χ2v) is 7.31. The number of carbonyl (C=O) groups excluding carboxylic acids is 1. The van der Waals surface area contributed by atoms with Crippen molar-refractivity contribution in [1.29, 1.82) is 0 Å². The maximum Gasteiger partial charge on any atom is 0.405 e. The topological polar surface area (TPSA) is 32.3 Å². The Morgan fingerprint density at radius 2 is 2.13 bits per heavy atom. The van der Waals surface area contributed by atoms with E-state index in [0.29, 0.717) is 6.54 Å². The Labute approximate surface area is 139 Å². The van der Waals surface area contributed by atoms with E-state index in [1.165, 1.54) is 4.88 Å². The van der Waals surface area contributed by atoms with E-state index >= 15 is 0 Å². The molecule has 124 valence electrons. The van der Waals surface area contributed by atoms with Crippen LogP contribution in [0.4, 0.5) is 13.2 Å². The Kier molecular flexibility index (Phi) is 4.74. The Bertz CT molecular complexity index is 667. The van der Waals surface area contributed by atoms with Gasteiger partial charge in [0.2, 0.25) is 5.91 Å². The largest absolute Gasteiger partial charge is 0.405 e. The lowest BCUT2D eigenvalue weighted by atomic mass is 9.98. The summed E-state index contributed by atoms with van der Waals surface area (Å²) >= 11 is 3.29. The van der Waals surface area contributed by atoms with Gasteiger partial charge in [-0.05, 0) is 34.9 Å². The van der Waals surface area contributed by atoms with Crippen molar-refractivity contribution in [1.82, 2.24) is 10.2 Å². The molecule has 0 unspecified atom stereocenters. The van der Waals surface area contributed by atoms with Crippen LogP contribution in [0.2, 0.25) is 0 Å². The smallest absolute Gasteiger partial charge is 0.346 e. The predicted octanol–water partition coefficient (Wildman–Crippen LogP) is 3.44.